The van der Waals surface area contributed by atoms with Crippen molar-refractivity contribution < 1.29 is 31.9 Å². The predicted molar refractivity (Wildman–Crippen MR) is 199 cm³/mol. The summed E-state index contributed by atoms with van der Waals surface area (Å²) in [5.74, 6) is -0.228. The maximum absolute atomic E-state index is 16.0. The van der Waals surface area contributed by atoms with Gasteiger partial charge < -0.3 is 14.2 Å². The van der Waals surface area contributed by atoms with Gasteiger partial charge in [-0.25, -0.2) is 27.3 Å². The fourth-order valence-corrected chi connectivity index (χ4v) is 7.06. The first-order chi connectivity index (χ1) is 25.0. The lowest BCUT2D eigenvalue weighted by atomic mass is 10.0. The van der Waals surface area contributed by atoms with E-state index < -0.39 is 21.9 Å². The summed E-state index contributed by atoms with van der Waals surface area (Å²) in [5.41, 5.74) is 2.39. The van der Waals surface area contributed by atoms with Crippen molar-refractivity contribution in [3.05, 3.63) is 107 Å². The fourth-order valence-electron chi connectivity index (χ4n) is 5.93. The second-order valence-electron chi connectivity index (χ2n) is 12.6. The van der Waals surface area contributed by atoms with E-state index in [1.54, 1.807) is 39.8 Å². The van der Waals surface area contributed by atoms with Crippen LogP contribution in [0, 0.1) is 5.82 Å². The molecule has 0 saturated heterocycles. The molecule has 0 fully saturated rings. The van der Waals surface area contributed by atoms with Gasteiger partial charge in [0.25, 0.3) is 15.9 Å². The molecular formula is C40H49FN4O6S. The van der Waals surface area contributed by atoms with E-state index in [4.69, 9.17) is 9.72 Å². The van der Waals surface area contributed by atoms with Gasteiger partial charge in [-0.2, -0.15) is 0 Å². The quantitative estimate of drug-likeness (QED) is 0.0765. The van der Waals surface area contributed by atoms with E-state index in [9.17, 15) is 22.8 Å². The smallest absolute Gasteiger partial charge is 0.421 e. The Kier molecular flexibility index (Phi) is 14.7. The normalized spacial score (nSPS) is 11.3. The number of hydrogen-bond donors (Lipinski definition) is 1. The number of hydrogen-bond acceptors (Lipinski definition) is 7. The van der Waals surface area contributed by atoms with Crippen LogP contribution in [-0.2, 0) is 34.1 Å². The lowest BCUT2D eigenvalue weighted by Gasteiger charge is -2.23. The lowest BCUT2D eigenvalue weighted by molar-refractivity contribution is 0.0741. The molecule has 4 aromatic rings. The van der Waals surface area contributed by atoms with Gasteiger partial charge in [0.2, 0.25) is 0 Å². The zero-order chi connectivity index (χ0) is 37.7. The van der Waals surface area contributed by atoms with Gasteiger partial charge in [0, 0.05) is 42.6 Å². The number of unbranched alkanes of at least 4 members (excludes halogenated alkanes) is 2. The van der Waals surface area contributed by atoms with Crippen molar-refractivity contribution in [2.24, 2.45) is 0 Å². The summed E-state index contributed by atoms with van der Waals surface area (Å²) >= 11 is 0. The largest absolute Gasteiger partial charge is 0.449 e. The van der Waals surface area contributed by atoms with Gasteiger partial charge >= 0.3 is 6.09 Å². The third-order valence-electron chi connectivity index (χ3n) is 8.71. The number of Topliss-reactive ketones (excluding diaryl/α,β-unsaturated/α-hetero) is 1. The highest BCUT2D eigenvalue weighted by Crippen LogP contribution is 2.30. The van der Waals surface area contributed by atoms with E-state index in [0.717, 1.165) is 25.7 Å². The van der Waals surface area contributed by atoms with Crippen molar-refractivity contribution in [1.29, 1.82) is 0 Å². The summed E-state index contributed by atoms with van der Waals surface area (Å²) in [5, 5.41) is 0. The van der Waals surface area contributed by atoms with Crippen LogP contribution in [0.1, 0.15) is 104 Å². The zero-order valence-corrected chi connectivity index (χ0v) is 31.3. The van der Waals surface area contributed by atoms with Crippen molar-refractivity contribution in [3.8, 4) is 11.1 Å². The first kappa shape index (κ1) is 39.9. The summed E-state index contributed by atoms with van der Waals surface area (Å²) in [7, 11) is -4.33. The van der Waals surface area contributed by atoms with Gasteiger partial charge in [0.1, 0.15) is 17.3 Å². The first-order valence-electron chi connectivity index (χ1n) is 18.1. The van der Waals surface area contributed by atoms with Crippen LogP contribution in [0.4, 0.5) is 9.18 Å². The molecule has 10 nitrogen and oxygen atoms in total. The van der Waals surface area contributed by atoms with Crippen molar-refractivity contribution in [2.45, 2.75) is 90.5 Å². The number of aryl methyl sites for hydroxylation is 2. The number of halogens is 1. The molecule has 2 amide bonds. The number of benzene rings is 3. The average molecular weight is 733 g/mol. The Labute approximate surface area is 306 Å². The molecule has 0 radical (unpaired) electrons. The van der Waals surface area contributed by atoms with E-state index in [1.807, 2.05) is 43.7 Å². The van der Waals surface area contributed by atoms with E-state index in [2.05, 4.69) is 6.92 Å². The second kappa shape index (κ2) is 19.1. The molecule has 3 aromatic carbocycles. The van der Waals surface area contributed by atoms with Gasteiger partial charge in [-0.15, -0.1) is 0 Å². The SMILES string of the molecule is CCCCOC(=O)NS(=O)(=O)c1ccccc1-c1ccc(Cn2c(CCC)nc(CC)c2C(=O)CCN(CCCC)C(=O)c2ccccc2)c(F)c1. The van der Waals surface area contributed by atoms with Crippen LogP contribution in [0.2, 0.25) is 0 Å². The number of amides is 2. The number of carbonyl (C=O) groups is 3. The van der Waals surface area contributed by atoms with Gasteiger partial charge in [0.05, 0.1) is 23.7 Å². The molecule has 1 heterocycles. The summed E-state index contributed by atoms with van der Waals surface area (Å²) < 4.78 is 51.0. The fraction of sp³-hybridized carbons (Fsp3) is 0.400. The minimum atomic E-state index is -4.33. The number of aromatic nitrogens is 2. The number of nitrogens with one attached hydrogen (secondary N) is 1. The van der Waals surface area contributed by atoms with Crippen LogP contribution in [0.15, 0.2) is 77.7 Å². The molecule has 278 valence electrons. The van der Waals surface area contributed by atoms with E-state index in [-0.39, 0.29) is 53.8 Å². The zero-order valence-electron chi connectivity index (χ0n) is 30.5. The molecule has 1 N–H and O–H groups in total. The Hall–Kier alpha value is -4.84. The molecule has 52 heavy (non-hydrogen) atoms. The molecule has 0 unspecified atom stereocenters. The molecular weight excluding hydrogens is 684 g/mol. The number of carbonyl (C=O) groups excluding carboxylic acids is 3. The number of ketones is 1. The van der Waals surface area contributed by atoms with E-state index in [1.165, 1.54) is 24.3 Å². The van der Waals surface area contributed by atoms with E-state index in [0.29, 0.717) is 54.1 Å². The highest BCUT2D eigenvalue weighted by molar-refractivity contribution is 7.90. The van der Waals surface area contributed by atoms with E-state index >= 15 is 4.39 Å². The number of ether oxygens (including phenoxy) is 1. The maximum Gasteiger partial charge on any atom is 0.421 e. The van der Waals surface area contributed by atoms with Gasteiger partial charge in [-0.1, -0.05) is 89.1 Å². The summed E-state index contributed by atoms with van der Waals surface area (Å²) in [6.07, 6.45) is 3.91. The Morgan fingerprint density at radius 2 is 1.60 bits per heavy atom. The van der Waals surface area contributed by atoms with Crippen LogP contribution in [0.5, 0.6) is 0 Å². The highest BCUT2D eigenvalue weighted by Gasteiger charge is 2.26. The van der Waals surface area contributed by atoms with Crippen molar-refractivity contribution in [2.75, 3.05) is 19.7 Å². The molecule has 12 heteroatoms. The molecule has 0 saturated carbocycles. The van der Waals surface area contributed by atoms with Gasteiger partial charge in [-0.05, 0) is 55.5 Å². The number of sulfonamides is 1. The Morgan fingerprint density at radius 3 is 2.27 bits per heavy atom. The molecule has 0 aliphatic heterocycles. The topological polar surface area (TPSA) is 128 Å². The monoisotopic (exact) mass is 732 g/mol. The minimum Gasteiger partial charge on any atom is -0.449 e. The Bertz CT molecular complexity index is 1940. The Balaban J connectivity index is 1.62. The number of imidazole rings is 1. The standard InChI is InChI=1S/C40H49FN4O6S/c1-5-9-24-44(39(47)29-17-12-11-13-18-29)25-23-35(46)38-34(8-4)42-37(16-7-3)45(38)28-31-22-21-30(27-33(31)41)32-19-14-15-20-36(32)52(49,50)43-40(48)51-26-10-6-2/h11-15,17-22,27H,5-10,16,23-26,28H2,1-4H3,(H,43,48). The third-order valence-corrected chi connectivity index (χ3v) is 10.1. The summed E-state index contributed by atoms with van der Waals surface area (Å²) in [6, 6.07) is 19.5. The van der Waals surface area contributed by atoms with Crippen LogP contribution in [0.3, 0.4) is 0 Å². The van der Waals surface area contributed by atoms with Crippen LogP contribution in [-0.4, -0.2) is 60.3 Å². The van der Waals surface area contributed by atoms with Crippen molar-refractivity contribution >= 4 is 27.8 Å². The number of nitrogens with zero attached hydrogens (tertiary/aromatic N) is 3. The van der Waals surface area contributed by atoms with Gasteiger partial charge in [0.15, 0.2) is 5.78 Å². The van der Waals surface area contributed by atoms with Crippen molar-refractivity contribution in [3.63, 3.8) is 0 Å². The molecule has 4 rings (SSSR count). The first-order valence-corrected chi connectivity index (χ1v) is 19.6. The summed E-state index contributed by atoms with van der Waals surface area (Å²) in [6.45, 7) is 8.78. The maximum atomic E-state index is 16.0. The molecule has 0 bridgehead atoms. The molecule has 0 spiro atoms. The number of rotatable bonds is 19. The average Bonchev–Trinajstić information content (AvgIpc) is 3.49. The lowest BCUT2D eigenvalue weighted by Crippen LogP contribution is -2.34. The molecule has 0 atom stereocenters. The van der Waals surface area contributed by atoms with Crippen LogP contribution >= 0.6 is 0 Å². The van der Waals surface area contributed by atoms with Gasteiger partial charge in [-0.3, -0.25) is 9.59 Å². The Morgan fingerprint density at radius 1 is 0.885 bits per heavy atom. The predicted octanol–water partition coefficient (Wildman–Crippen LogP) is 7.98. The molecule has 0 aliphatic rings. The van der Waals surface area contributed by atoms with Crippen LogP contribution in [0.25, 0.3) is 11.1 Å². The minimum absolute atomic E-state index is 0.0309. The third kappa shape index (κ3) is 10.1. The molecule has 1 aromatic heterocycles. The molecule has 0 aliphatic carbocycles. The second-order valence-corrected chi connectivity index (χ2v) is 14.2. The summed E-state index contributed by atoms with van der Waals surface area (Å²) in [4.78, 5) is 45.9. The van der Waals surface area contributed by atoms with Crippen LogP contribution < -0.4 is 4.72 Å². The van der Waals surface area contributed by atoms with Crippen molar-refractivity contribution in [1.82, 2.24) is 19.2 Å². The highest BCUT2D eigenvalue weighted by atomic mass is 32.2.